The van der Waals surface area contributed by atoms with Crippen LogP contribution in [0.1, 0.15) is 25.7 Å². The van der Waals surface area contributed by atoms with E-state index in [0.717, 1.165) is 25.7 Å². The lowest BCUT2D eigenvalue weighted by molar-refractivity contribution is -0.121. The first-order valence-electron chi connectivity index (χ1n) is 5.73. The van der Waals surface area contributed by atoms with E-state index in [1.165, 1.54) is 0 Å². The molecule has 2 unspecified atom stereocenters. The minimum absolute atomic E-state index is 0.00235. The highest BCUT2D eigenvalue weighted by Gasteiger charge is 2.28. The van der Waals surface area contributed by atoms with Crippen LogP contribution in [0.5, 0.6) is 0 Å². The molecule has 1 aromatic rings. The molecule has 0 bridgehead atoms. The number of hydrogen-bond acceptors (Lipinski definition) is 3. The number of hydrogen-bond donors (Lipinski definition) is 2. The summed E-state index contributed by atoms with van der Waals surface area (Å²) in [6.07, 6.45) is 5.86. The maximum Gasteiger partial charge on any atom is 0.230 e. The summed E-state index contributed by atoms with van der Waals surface area (Å²) in [7, 11) is 1.82. The number of nitrogens with two attached hydrogens (primary N) is 1. The fraction of sp³-hybridized carbons (Fsp3) is 0.636. The van der Waals surface area contributed by atoms with Crippen LogP contribution in [-0.4, -0.2) is 21.7 Å². The number of nitrogens with zero attached hydrogens (tertiary/aromatic N) is 2. The molecule has 88 valence electrons. The van der Waals surface area contributed by atoms with Gasteiger partial charge in [0.2, 0.25) is 5.91 Å². The van der Waals surface area contributed by atoms with Gasteiger partial charge in [-0.2, -0.15) is 5.10 Å². The molecule has 2 atom stereocenters. The van der Waals surface area contributed by atoms with Crippen molar-refractivity contribution in [2.24, 2.45) is 18.7 Å². The predicted molar refractivity (Wildman–Crippen MR) is 61.8 cm³/mol. The third kappa shape index (κ3) is 2.41. The molecule has 3 N–H and O–H groups in total. The van der Waals surface area contributed by atoms with Gasteiger partial charge in [0.1, 0.15) is 0 Å². The summed E-state index contributed by atoms with van der Waals surface area (Å²) in [6.45, 7) is 0. The minimum Gasteiger partial charge on any atom is -0.327 e. The highest BCUT2D eigenvalue weighted by Crippen LogP contribution is 2.23. The number of carbonyl (C=O) groups is 1. The van der Waals surface area contributed by atoms with Crippen LogP contribution in [0.25, 0.3) is 0 Å². The van der Waals surface area contributed by atoms with Gasteiger partial charge in [0.05, 0.1) is 5.92 Å². The van der Waals surface area contributed by atoms with E-state index >= 15 is 0 Å². The number of nitrogens with one attached hydrogen (secondary N) is 1. The highest BCUT2D eigenvalue weighted by atomic mass is 16.2. The number of amides is 1. The zero-order chi connectivity index (χ0) is 11.5. The molecule has 1 amide bonds. The number of carbonyl (C=O) groups excluding carboxylic acids is 1. The topological polar surface area (TPSA) is 72.9 Å². The first-order chi connectivity index (χ1) is 7.66. The van der Waals surface area contributed by atoms with Gasteiger partial charge in [0.15, 0.2) is 5.82 Å². The molecule has 0 aromatic carbocycles. The molecule has 0 spiro atoms. The number of rotatable bonds is 2. The van der Waals surface area contributed by atoms with E-state index in [-0.39, 0.29) is 17.9 Å². The Hall–Kier alpha value is -1.36. The van der Waals surface area contributed by atoms with Crippen molar-refractivity contribution in [3.8, 4) is 0 Å². The average molecular weight is 222 g/mol. The van der Waals surface area contributed by atoms with Gasteiger partial charge in [0, 0.05) is 25.4 Å². The third-order valence-electron chi connectivity index (χ3n) is 3.12. The smallest absolute Gasteiger partial charge is 0.230 e. The summed E-state index contributed by atoms with van der Waals surface area (Å²) < 4.78 is 1.66. The largest absolute Gasteiger partial charge is 0.327 e. The second-order valence-electron chi connectivity index (χ2n) is 4.42. The Labute approximate surface area is 95.0 Å². The van der Waals surface area contributed by atoms with Crippen molar-refractivity contribution in [3.63, 3.8) is 0 Å². The fourth-order valence-corrected chi connectivity index (χ4v) is 2.19. The van der Waals surface area contributed by atoms with Crippen molar-refractivity contribution in [1.29, 1.82) is 0 Å². The monoisotopic (exact) mass is 222 g/mol. The standard InChI is InChI=1S/C11H18N4O/c1-15-7-6-10(14-15)13-11(16)8-4-2-3-5-9(8)12/h6-9H,2-5,12H2,1H3,(H,13,14,16). The molecule has 1 fully saturated rings. The van der Waals surface area contributed by atoms with Crippen LogP contribution in [0.3, 0.4) is 0 Å². The fourth-order valence-electron chi connectivity index (χ4n) is 2.19. The summed E-state index contributed by atoms with van der Waals surface area (Å²) in [5.74, 6) is 0.548. The van der Waals surface area contributed by atoms with Crippen LogP contribution >= 0.6 is 0 Å². The summed E-state index contributed by atoms with van der Waals surface area (Å²) in [6, 6.07) is 1.78. The molecule has 5 nitrogen and oxygen atoms in total. The summed E-state index contributed by atoms with van der Waals surface area (Å²) in [5, 5.41) is 6.93. The van der Waals surface area contributed by atoms with Crippen molar-refractivity contribution in [2.45, 2.75) is 31.7 Å². The zero-order valence-corrected chi connectivity index (χ0v) is 9.52. The molecule has 0 aliphatic heterocycles. The van der Waals surface area contributed by atoms with Gasteiger partial charge in [-0.25, -0.2) is 0 Å². The minimum atomic E-state index is -0.0595. The molecule has 1 heterocycles. The molecular weight excluding hydrogens is 204 g/mol. The normalized spacial score (nSPS) is 25.4. The predicted octanol–water partition coefficient (Wildman–Crippen LogP) is 0.876. The van der Waals surface area contributed by atoms with E-state index in [1.807, 2.05) is 7.05 Å². The Bertz CT molecular complexity index is 374. The lowest BCUT2D eigenvalue weighted by Crippen LogP contribution is -2.40. The maximum absolute atomic E-state index is 11.9. The Morgan fingerprint density at radius 3 is 2.94 bits per heavy atom. The van der Waals surface area contributed by atoms with Crippen LogP contribution in [0.4, 0.5) is 5.82 Å². The van der Waals surface area contributed by atoms with Crippen molar-refractivity contribution in [3.05, 3.63) is 12.3 Å². The third-order valence-corrected chi connectivity index (χ3v) is 3.12. The number of aromatic nitrogens is 2. The second-order valence-corrected chi connectivity index (χ2v) is 4.42. The lowest BCUT2D eigenvalue weighted by Gasteiger charge is -2.26. The van der Waals surface area contributed by atoms with Gasteiger partial charge < -0.3 is 11.1 Å². The van der Waals surface area contributed by atoms with E-state index in [0.29, 0.717) is 5.82 Å². The number of aryl methyl sites for hydroxylation is 1. The first kappa shape index (κ1) is 11.1. The van der Waals surface area contributed by atoms with E-state index in [2.05, 4.69) is 10.4 Å². The van der Waals surface area contributed by atoms with Gasteiger partial charge in [-0.05, 0) is 12.8 Å². The van der Waals surface area contributed by atoms with E-state index in [9.17, 15) is 4.79 Å². The second kappa shape index (κ2) is 4.65. The molecule has 1 aliphatic carbocycles. The molecule has 1 aliphatic rings. The van der Waals surface area contributed by atoms with Gasteiger partial charge in [-0.3, -0.25) is 9.48 Å². The van der Waals surface area contributed by atoms with Crippen molar-refractivity contribution < 1.29 is 4.79 Å². The van der Waals surface area contributed by atoms with Crippen LogP contribution in [-0.2, 0) is 11.8 Å². The molecule has 1 aromatic heterocycles. The van der Waals surface area contributed by atoms with Gasteiger partial charge in [0.25, 0.3) is 0 Å². The Morgan fingerprint density at radius 2 is 2.31 bits per heavy atom. The lowest BCUT2D eigenvalue weighted by atomic mass is 9.84. The van der Waals surface area contributed by atoms with Crippen LogP contribution in [0, 0.1) is 5.92 Å². The maximum atomic E-state index is 11.9. The molecular formula is C11H18N4O. The van der Waals surface area contributed by atoms with Gasteiger partial charge in [-0.15, -0.1) is 0 Å². The summed E-state index contributed by atoms with van der Waals surface area (Å²) in [5.41, 5.74) is 5.95. The van der Waals surface area contributed by atoms with Crippen LogP contribution in [0.2, 0.25) is 0 Å². The SMILES string of the molecule is Cn1ccc(NC(=O)C2CCCCC2N)n1. The summed E-state index contributed by atoms with van der Waals surface area (Å²) in [4.78, 5) is 11.9. The van der Waals surface area contributed by atoms with Crippen molar-refractivity contribution in [1.82, 2.24) is 9.78 Å². The van der Waals surface area contributed by atoms with Gasteiger partial charge >= 0.3 is 0 Å². The molecule has 0 saturated heterocycles. The molecule has 16 heavy (non-hydrogen) atoms. The summed E-state index contributed by atoms with van der Waals surface area (Å²) >= 11 is 0. The van der Waals surface area contributed by atoms with E-state index in [1.54, 1.807) is 16.9 Å². The Kier molecular flexibility index (Phi) is 3.24. The van der Waals surface area contributed by atoms with E-state index in [4.69, 9.17) is 5.73 Å². The highest BCUT2D eigenvalue weighted by molar-refractivity contribution is 5.92. The Morgan fingerprint density at radius 1 is 1.56 bits per heavy atom. The first-order valence-corrected chi connectivity index (χ1v) is 5.73. The van der Waals surface area contributed by atoms with Gasteiger partial charge in [-0.1, -0.05) is 12.8 Å². The molecule has 0 radical (unpaired) electrons. The average Bonchev–Trinajstić information content (AvgIpc) is 2.64. The van der Waals surface area contributed by atoms with Crippen molar-refractivity contribution in [2.75, 3.05) is 5.32 Å². The molecule has 2 rings (SSSR count). The Balaban J connectivity index is 1.96. The quantitative estimate of drug-likeness (QED) is 0.780. The van der Waals surface area contributed by atoms with Crippen LogP contribution in [0.15, 0.2) is 12.3 Å². The van der Waals surface area contributed by atoms with Crippen molar-refractivity contribution >= 4 is 11.7 Å². The van der Waals surface area contributed by atoms with Crippen LogP contribution < -0.4 is 11.1 Å². The molecule has 1 saturated carbocycles. The van der Waals surface area contributed by atoms with E-state index < -0.39 is 0 Å². The number of anilines is 1. The zero-order valence-electron chi connectivity index (χ0n) is 9.52. The molecule has 5 heteroatoms.